The van der Waals surface area contributed by atoms with Crippen LogP contribution >= 0.6 is 0 Å². The van der Waals surface area contributed by atoms with Crippen molar-refractivity contribution >= 4 is 0 Å². The molecule has 0 aliphatic carbocycles. The maximum atomic E-state index is 2.66. The molecule has 0 radical (unpaired) electrons. The lowest BCUT2D eigenvalue weighted by atomic mass is 9.75. The van der Waals surface area contributed by atoms with Gasteiger partial charge in [-0.2, -0.15) is 0 Å². The second-order valence-electron chi connectivity index (χ2n) is 5.03. The van der Waals surface area contributed by atoms with Crippen LogP contribution in [0.25, 0.3) is 0 Å². The zero-order valence-electron chi connectivity index (χ0n) is 8.42. The van der Waals surface area contributed by atoms with Crippen LogP contribution in [0.5, 0.6) is 0 Å². The fourth-order valence-corrected chi connectivity index (χ4v) is 2.96. The van der Waals surface area contributed by atoms with E-state index in [1.807, 2.05) is 0 Å². The lowest BCUT2D eigenvalue weighted by molar-refractivity contribution is 0.0406. The fourth-order valence-electron chi connectivity index (χ4n) is 2.96. The van der Waals surface area contributed by atoms with Crippen LogP contribution < -0.4 is 0 Å². The third-order valence-corrected chi connectivity index (χ3v) is 3.57. The molecule has 3 aliphatic rings. The molecule has 3 saturated heterocycles. The van der Waals surface area contributed by atoms with Gasteiger partial charge < -0.3 is 4.90 Å². The molecular weight excluding hydrogens is 146 g/mol. The lowest BCUT2D eigenvalue weighted by Crippen LogP contribution is -2.47. The Kier molecular flexibility index (Phi) is 2.40. The minimum Gasteiger partial charge on any atom is -0.303 e. The van der Waals surface area contributed by atoms with E-state index >= 15 is 0 Å². The van der Waals surface area contributed by atoms with E-state index in [1.54, 1.807) is 0 Å². The van der Waals surface area contributed by atoms with Gasteiger partial charge >= 0.3 is 0 Å². The summed E-state index contributed by atoms with van der Waals surface area (Å²) in [6.45, 7) is 8.90. The molecule has 1 nitrogen and oxygen atoms in total. The van der Waals surface area contributed by atoms with Crippen molar-refractivity contribution < 1.29 is 0 Å². The van der Waals surface area contributed by atoms with Crippen LogP contribution in [0.2, 0.25) is 0 Å². The molecule has 3 rings (SSSR count). The molecule has 0 spiro atoms. The van der Waals surface area contributed by atoms with Crippen LogP contribution in [0, 0.1) is 17.8 Å². The zero-order valence-corrected chi connectivity index (χ0v) is 8.42. The number of piperidine rings is 3. The zero-order chi connectivity index (χ0) is 8.55. The summed E-state index contributed by atoms with van der Waals surface area (Å²) in [5, 5.41) is 0. The van der Waals surface area contributed by atoms with Crippen molar-refractivity contribution in [3.8, 4) is 0 Å². The summed E-state index contributed by atoms with van der Waals surface area (Å²) in [6.07, 6.45) is 4.43. The average molecular weight is 167 g/mol. The predicted molar refractivity (Wildman–Crippen MR) is 52.1 cm³/mol. The van der Waals surface area contributed by atoms with E-state index in [0.29, 0.717) is 0 Å². The Labute approximate surface area is 76.1 Å². The Morgan fingerprint density at radius 3 is 2.33 bits per heavy atom. The standard InChI is InChI=1S/C11H21N/c1-9(2)7-11-8-12-5-3-10(11)4-6-12/h9-11H,3-8H2,1-2H3. The van der Waals surface area contributed by atoms with E-state index in [2.05, 4.69) is 18.7 Å². The fraction of sp³-hybridized carbons (Fsp3) is 1.00. The quantitative estimate of drug-likeness (QED) is 0.610. The first kappa shape index (κ1) is 8.55. The monoisotopic (exact) mass is 167 g/mol. The Hall–Kier alpha value is -0.0400. The average Bonchev–Trinajstić information content (AvgIpc) is 2.05. The molecular formula is C11H21N. The van der Waals surface area contributed by atoms with Crippen molar-refractivity contribution in [1.29, 1.82) is 0 Å². The lowest BCUT2D eigenvalue weighted by Gasteiger charge is -2.45. The van der Waals surface area contributed by atoms with Crippen LogP contribution in [0.15, 0.2) is 0 Å². The number of hydrogen-bond acceptors (Lipinski definition) is 1. The molecule has 70 valence electrons. The molecule has 12 heavy (non-hydrogen) atoms. The van der Waals surface area contributed by atoms with Crippen molar-refractivity contribution in [3.63, 3.8) is 0 Å². The minimum absolute atomic E-state index is 0.899. The highest BCUT2D eigenvalue weighted by atomic mass is 15.1. The SMILES string of the molecule is CC(C)CC1CN2CCC1CC2. The van der Waals surface area contributed by atoms with Gasteiger partial charge in [0.25, 0.3) is 0 Å². The van der Waals surface area contributed by atoms with Gasteiger partial charge in [-0.25, -0.2) is 0 Å². The van der Waals surface area contributed by atoms with Crippen LogP contribution in [-0.2, 0) is 0 Å². The molecule has 1 unspecified atom stereocenters. The first-order valence-electron chi connectivity index (χ1n) is 5.48. The molecule has 0 saturated carbocycles. The molecule has 1 heteroatoms. The molecule has 0 aromatic heterocycles. The van der Waals surface area contributed by atoms with Gasteiger partial charge in [0.05, 0.1) is 0 Å². The van der Waals surface area contributed by atoms with Gasteiger partial charge in [-0.05, 0) is 50.1 Å². The molecule has 3 fully saturated rings. The summed E-state index contributed by atoms with van der Waals surface area (Å²) in [5.74, 6) is 3.01. The van der Waals surface area contributed by atoms with Gasteiger partial charge in [-0.3, -0.25) is 0 Å². The van der Waals surface area contributed by atoms with E-state index in [9.17, 15) is 0 Å². The molecule has 0 aromatic rings. The first-order chi connectivity index (χ1) is 5.75. The first-order valence-corrected chi connectivity index (χ1v) is 5.48. The minimum atomic E-state index is 0.899. The van der Waals surface area contributed by atoms with Crippen molar-refractivity contribution in [3.05, 3.63) is 0 Å². The van der Waals surface area contributed by atoms with Crippen molar-refractivity contribution in [2.75, 3.05) is 19.6 Å². The van der Waals surface area contributed by atoms with E-state index < -0.39 is 0 Å². The van der Waals surface area contributed by atoms with Gasteiger partial charge in [0.1, 0.15) is 0 Å². The molecule has 0 aromatic carbocycles. The summed E-state index contributed by atoms with van der Waals surface area (Å²) >= 11 is 0. The van der Waals surface area contributed by atoms with Gasteiger partial charge in [0.15, 0.2) is 0 Å². The Morgan fingerprint density at radius 2 is 1.92 bits per heavy atom. The van der Waals surface area contributed by atoms with Gasteiger partial charge in [0, 0.05) is 6.54 Å². The predicted octanol–water partition coefficient (Wildman–Crippen LogP) is 2.37. The molecule has 0 amide bonds. The Morgan fingerprint density at radius 1 is 1.25 bits per heavy atom. The number of rotatable bonds is 2. The molecule has 3 aliphatic heterocycles. The number of hydrogen-bond donors (Lipinski definition) is 0. The third-order valence-electron chi connectivity index (χ3n) is 3.57. The Balaban J connectivity index is 1.91. The second kappa shape index (κ2) is 3.37. The summed E-state index contributed by atoms with van der Waals surface area (Å²) in [5.41, 5.74) is 0. The number of fused-ring (bicyclic) bond motifs is 3. The van der Waals surface area contributed by atoms with E-state index in [1.165, 1.54) is 38.9 Å². The van der Waals surface area contributed by atoms with Crippen molar-refractivity contribution in [2.24, 2.45) is 17.8 Å². The summed E-state index contributed by atoms with van der Waals surface area (Å²) < 4.78 is 0. The maximum absolute atomic E-state index is 2.66. The third kappa shape index (κ3) is 1.66. The topological polar surface area (TPSA) is 3.24 Å². The molecule has 2 bridgehead atoms. The van der Waals surface area contributed by atoms with Crippen LogP contribution in [0.3, 0.4) is 0 Å². The van der Waals surface area contributed by atoms with Crippen LogP contribution in [-0.4, -0.2) is 24.5 Å². The summed E-state index contributed by atoms with van der Waals surface area (Å²) in [7, 11) is 0. The van der Waals surface area contributed by atoms with Gasteiger partial charge in [0.2, 0.25) is 0 Å². The highest BCUT2D eigenvalue weighted by molar-refractivity contribution is 4.86. The Bertz CT molecular complexity index is 143. The maximum Gasteiger partial charge on any atom is 0.00124 e. The van der Waals surface area contributed by atoms with Gasteiger partial charge in [-0.15, -0.1) is 0 Å². The molecule has 3 heterocycles. The van der Waals surface area contributed by atoms with Crippen LogP contribution in [0.4, 0.5) is 0 Å². The smallest absolute Gasteiger partial charge is 0.00124 e. The highest BCUT2D eigenvalue weighted by Crippen LogP contribution is 2.35. The number of nitrogens with zero attached hydrogens (tertiary/aromatic N) is 1. The summed E-state index contributed by atoms with van der Waals surface area (Å²) in [6, 6.07) is 0. The largest absolute Gasteiger partial charge is 0.303 e. The second-order valence-corrected chi connectivity index (χ2v) is 5.03. The van der Waals surface area contributed by atoms with Crippen molar-refractivity contribution in [2.45, 2.75) is 33.1 Å². The van der Waals surface area contributed by atoms with Gasteiger partial charge in [-0.1, -0.05) is 13.8 Å². The summed E-state index contributed by atoms with van der Waals surface area (Å²) in [4.78, 5) is 2.66. The van der Waals surface area contributed by atoms with E-state index in [0.717, 1.165) is 17.8 Å². The van der Waals surface area contributed by atoms with Crippen LogP contribution in [0.1, 0.15) is 33.1 Å². The normalized spacial score (nSPS) is 40.8. The van der Waals surface area contributed by atoms with E-state index in [4.69, 9.17) is 0 Å². The highest BCUT2D eigenvalue weighted by Gasteiger charge is 2.33. The van der Waals surface area contributed by atoms with Crippen molar-refractivity contribution in [1.82, 2.24) is 4.90 Å². The molecule has 0 N–H and O–H groups in total. The molecule has 1 atom stereocenters. The van der Waals surface area contributed by atoms with E-state index in [-0.39, 0.29) is 0 Å².